The van der Waals surface area contributed by atoms with Crippen molar-refractivity contribution in [1.29, 1.82) is 0 Å². The molecule has 1 aliphatic rings. The predicted molar refractivity (Wildman–Crippen MR) is 64.8 cm³/mol. The molecule has 1 saturated carbocycles. The maximum absolute atomic E-state index is 11.6. The Morgan fingerprint density at radius 1 is 1.33 bits per heavy atom. The minimum atomic E-state index is 0.493. The molecule has 0 aromatic carbocycles. The molecule has 0 spiro atoms. The van der Waals surface area contributed by atoms with Crippen molar-refractivity contribution in [3.8, 4) is 0 Å². The zero-order valence-corrected chi connectivity index (χ0v) is 10.6. The monoisotopic (exact) mass is 210 g/mol. The highest BCUT2D eigenvalue weighted by atomic mass is 16.1. The first-order valence-corrected chi connectivity index (χ1v) is 6.65. The molecule has 0 N–H and O–H groups in total. The summed E-state index contributed by atoms with van der Waals surface area (Å²) in [4.78, 5) is 11.6. The van der Waals surface area contributed by atoms with E-state index in [4.69, 9.17) is 0 Å². The van der Waals surface area contributed by atoms with Gasteiger partial charge in [0.05, 0.1) is 0 Å². The molecule has 0 aromatic rings. The Morgan fingerprint density at radius 2 is 2.07 bits per heavy atom. The SMILES string of the molecule is CCCC(=O)C[C@@H]1CCC[C@@H](C(C)C)C1. The first-order valence-electron chi connectivity index (χ1n) is 6.65. The predicted octanol–water partition coefficient (Wildman–Crippen LogP) is 4.21. The number of ketones is 1. The number of carbonyl (C=O) groups excluding carboxylic acids is 1. The minimum absolute atomic E-state index is 0.493. The van der Waals surface area contributed by atoms with Crippen molar-refractivity contribution in [2.24, 2.45) is 17.8 Å². The highest BCUT2D eigenvalue weighted by Crippen LogP contribution is 2.35. The molecular weight excluding hydrogens is 184 g/mol. The Kier molecular flexibility index (Phi) is 5.35. The summed E-state index contributed by atoms with van der Waals surface area (Å²) in [5.74, 6) is 2.87. The van der Waals surface area contributed by atoms with Crippen molar-refractivity contribution in [3.05, 3.63) is 0 Å². The van der Waals surface area contributed by atoms with E-state index in [1.165, 1.54) is 25.7 Å². The maximum Gasteiger partial charge on any atom is 0.133 e. The van der Waals surface area contributed by atoms with Gasteiger partial charge in [0.1, 0.15) is 5.78 Å². The molecule has 0 bridgehead atoms. The second kappa shape index (κ2) is 6.30. The normalized spacial score (nSPS) is 26.9. The van der Waals surface area contributed by atoms with Gasteiger partial charge in [-0.1, -0.05) is 40.0 Å². The molecule has 0 heterocycles. The summed E-state index contributed by atoms with van der Waals surface area (Å²) in [6.45, 7) is 6.73. The third kappa shape index (κ3) is 4.36. The average molecular weight is 210 g/mol. The van der Waals surface area contributed by atoms with E-state index in [0.717, 1.165) is 31.1 Å². The largest absolute Gasteiger partial charge is 0.300 e. The molecule has 1 nitrogen and oxygen atoms in total. The Morgan fingerprint density at radius 3 is 2.67 bits per heavy atom. The fraction of sp³-hybridized carbons (Fsp3) is 0.929. The van der Waals surface area contributed by atoms with Crippen molar-refractivity contribution in [2.45, 2.75) is 65.7 Å². The summed E-state index contributed by atoms with van der Waals surface area (Å²) < 4.78 is 0. The molecule has 88 valence electrons. The molecule has 2 atom stereocenters. The van der Waals surface area contributed by atoms with Crippen LogP contribution in [-0.2, 0) is 4.79 Å². The van der Waals surface area contributed by atoms with E-state index in [9.17, 15) is 4.79 Å². The third-order valence-corrected chi connectivity index (χ3v) is 3.81. The lowest BCUT2D eigenvalue weighted by atomic mass is 9.74. The molecule has 0 unspecified atom stereocenters. The lowest BCUT2D eigenvalue weighted by Gasteiger charge is -2.31. The van der Waals surface area contributed by atoms with Crippen molar-refractivity contribution in [2.75, 3.05) is 0 Å². The number of carbonyl (C=O) groups is 1. The van der Waals surface area contributed by atoms with Gasteiger partial charge in [-0.05, 0) is 30.6 Å². The Balaban J connectivity index is 2.33. The van der Waals surface area contributed by atoms with Crippen LogP contribution >= 0.6 is 0 Å². The van der Waals surface area contributed by atoms with Crippen LogP contribution in [0.25, 0.3) is 0 Å². The minimum Gasteiger partial charge on any atom is -0.300 e. The van der Waals surface area contributed by atoms with E-state index in [-0.39, 0.29) is 0 Å². The van der Waals surface area contributed by atoms with Crippen LogP contribution in [0.15, 0.2) is 0 Å². The van der Waals surface area contributed by atoms with Crippen molar-refractivity contribution >= 4 is 5.78 Å². The molecule has 0 radical (unpaired) electrons. The van der Waals surface area contributed by atoms with E-state index >= 15 is 0 Å². The Hall–Kier alpha value is -0.330. The molecule has 1 fully saturated rings. The Bertz CT molecular complexity index is 196. The summed E-state index contributed by atoms with van der Waals surface area (Å²) in [5.41, 5.74) is 0. The lowest BCUT2D eigenvalue weighted by molar-refractivity contribution is -0.120. The molecule has 1 rings (SSSR count). The zero-order valence-electron chi connectivity index (χ0n) is 10.6. The van der Waals surface area contributed by atoms with Gasteiger partial charge in [-0.25, -0.2) is 0 Å². The van der Waals surface area contributed by atoms with Crippen LogP contribution in [0.4, 0.5) is 0 Å². The van der Waals surface area contributed by atoms with E-state index in [2.05, 4.69) is 20.8 Å². The molecule has 1 aliphatic carbocycles. The molecule has 0 aliphatic heterocycles. The zero-order chi connectivity index (χ0) is 11.3. The molecular formula is C14H26O. The molecule has 1 heteroatoms. The van der Waals surface area contributed by atoms with Crippen molar-refractivity contribution in [3.63, 3.8) is 0 Å². The molecule has 0 saturated heterocycles. The van der Waals surface area contributed by atoms with Gasteiger partial charge in [-0.2, -0.15) is 0 Å². The van der Waals surface area contributed by atoms with Gasteiger partial charge in [-0.3, -0.25) is 4.79 Å². The number of hydrogen-bond donors (Lipinski definition) is 0. The first-order chi connectivity index (χ1) is 7.13. The fourth-order valence-corrected chi connectivity index (χ4v) is 2.83. The highest BCUT2D eigenvalue weighted by molar-refractivity contribution is 5.78. The quantitative estimate of drug-likeness (QED) is 0.664. The van der Waals surface area contributed by atoms with Gasteiger partial charge >= 0.3 is 0 Å². The van der Waals surface area contributed by atoms with E-state index in [1.54, 1.807) is 0 Å². The van der Waals surface area contributed by atoms with E-state index < -0.39 is 0 Å². The summed E-state index contributed by atoms with van der Waals surface area (Å²) in [6, 6.07) is 0. The van der Waals surface area contributed by atoms with Gasteiger partial charge in [-0.15, -0.1) is 0 Å². The smallest absolute Gasteiger partial charge is 0.133 e. The van der Waals surface area contributed by atoms with Crippen LogP contribution in [0.2, 0.25) is 0 Å². The van der Waals surface area contributed by atoms with E-state index in [1.807, 2.05) is 0 Å². The number of rotatable bonds is 5. The number of hydrogen-bond acceptors (Lipinski definition) is 1. The standard InChI is InChI=1S/C14H26O/c1-4-6-14(15)10-12-7-5-8-13(9-12)11(2)3/h11-13H,4-10H2,1-3H3/t12-,13-/m1/s1. The molecule has 0 amide bonds. The second-order valence-corrected chi connectivity index (χ2v) is 5.53. The molecule has 15 heavy (non-hydrogen) atoms. The molecule has 0 aromatic heterocycles. The van der Waals surface area contributed by atoms with Crippen LogP contribution in [0.5, 0.6) is 0 Å². The maximum atomic E-state index is 11.6. The van der Waals surface area contributed by atoms with Gasteiger partial charge < -0.3 is 0 Å². The van der Waals surface area contributed by atoms with Crippen LogP contribution < -0.4 is 0 Å². The summed E-state index contributed by atoms with van der Waals surface area (Å²) >= 11 is 0. The van der Waals surface area contributed by atoms with Gasteiger partial charge in [0.25, 0.3) is 0 Å². The van der Waals surface area contributed by atoms with Crippen molar-refractivity contribution < 1.29 is 4.79 Å². The lowest BCUT2D eigenvalue weighted by Crippen LogP contribution is -2.21. The van der Waals surface area contributed by atoms with Crippen molar-refractivity contribution in [1.82, 2.24) is 0 Å². The van der Waals surface area contributed by atoms with Crippen LogP contribution in [0, 0.1) is 17.8 Å². The Labute approximate surface area is 94.6 Å². The van der Waals surface area contributed by atoms with Gasteiger partial charge in [0, 0.05) is 12.8 Å². The van der Waals surface area contributed by atoms with Gasteiger partial charge in [0.15, 0.2) is 0 Å². The summed E-state index contributed by atoms with van der Waals surface area (Å²) in [5, 5.41) is 0. The third-order valence-electron chi connectivity index (χ3n) is 3.81. The van der Waals surface area contributed by atoms with E-state index in [0.29, 0.717) is 11.7 Å². The van der Waals surface area contributed by atoms with Crippen LogP contribution in [0.1, 0.15) is 65.7 Å². The first kappa shape index (κ1) is 12.7. The summed E-state index contributed by atoms with van der Waals surface area (Å²) in [7, 11) is 0. The number of Topliss-reactive ketones (excluding diaryl/α,β-unsaturated/α-hetero) is 1. The highest BCUT2D eigenvalue weighted by Gasteiger charge is 2.25. The topological polar surface area (TPSA) is 17.1 Å². The van der Waals surface area contributed by atoms with Crippen LogP contribution in [0.3, 0.4) is 0 Å². The van der Waals surface area contributed by atoms with Crippen LogP contribution in [-0.4, -0.2) is 5.78 Å². The second-order valence-electron chi connectivity index (χ2n) is 5.53. The average Bonchev–Trinajstić information content (AvgIpc) is 2.18. The fourth-order valence-electron chi connectivity index (χ4n) is 2.83. The van der Waals surface area contributed by atoms with Gasteiger partial charge in [0.2, 0.25) is 0 Å². The summed E-state index contributed by atoms with van der Waals surface area (Å²) in [6.07, 6.45) is 7.98.